The van der Waals surface area contributed by atoms with Gasteiger partial charge < -0.3 is 10.3 Å². The third kappa shape index (κ3) is 1.94. The second kappa shape index (κ2) is 4.40. The first kappa shape index (κ1) is 10.8. The lowest BCUT2D eigenvalue weighted by molar-refractivity contribution is 0.603. The summed E-state index contributed by atoms with van der Waals surface area (Å²) < 4.78 is 1.99. The van der Waals surface area contributed by atoms with Crippen LogP contribution < -0.4 is 5.73 Å². The number of hydrogen-bond donors (Lipinski definition) is 1. The minimum Gasteiger partial charge on any atom is -0.326 e. The van der Waals surface area contributed by atoms with Crippen molar-refractivity contribution in [1.29, 1.82) is 0 Å². The van der Waals surface area contributed by atoms with Gasteiger partial charge in [-0.05, 0) is 25.5 Å². The van der Waals surface area contributed by atoms with Gasteiger partial charge in [0.2, 0.25) is 0 Å². The van der Waals surface area contributed by atoms with Crippen molar-refractivity contribution in [2.24, 2.45) is 5.73 Å². The smallest absolute Gasteiger partial charge is 0.182 e. The molecule has 0 unspecified atom stereocenters. The van der Waals surface area contributed by atoms with Gasteiger partial charge in [0, 0.05) is 18.8 Å². The van der Waals surface area contributed by atoms with E-state index in [1.807, 2.05) is 16.7 Å². The summed E-state index contributed by atoms with van der Waals surface area (Å²) in [6, 6.07) is 4.20. The predicted molar refractivity (Wildman–Crippen MR) is 61.5 cm³/mol. The standard InChI is InChI=1S/C11H15N5/c1-8(2)16-7-14-15-11(16)10-4-3-9(5-12)6-13-10/h3-4,6-8H,5,12H2,1-2H3. The molecule has 0 radical (unpaired) electrons. The fraction of sp³-hybridized carbons (Fsp3) is 0.364. The van der Waals surface area contributed by atoms with E-state index in [4.69, 9.17) is 5.73 Å². The van der Waals surface area contributed by atoms with Crippen LogP contribution in [0.3, 0.4) is 0 Å². The van der Waals surface area contributed by atoms with Gasteiger partial charge in [-0.25, -0.2) is 0 Å². The highest BCUT2D eigenvalue weighted by atomic mass is 15.3. The van der Waals surface area contributed by atoms with Gasteiger partial charge in [-0.1, -0.05) is 6.07 Å². The van der Waals surface area contributed by atoms with E-state index in [9.17, 15) is 0 Å². The van der Waals surface area contributed by atoms with Gasteiger partial charge in [-0.3, -0.25) is 4.98 Å². The topological polar surface area (TPSA) is 69.6 Å². The molecular weight excluding hydrogens is 202 g/mol. The first-order chi connectivity index (χ1) is 7.72. The molecule has 0 spiro atoms. The Morgan fingerprint density at radius 1 is 1.38 bits per heavy atom. The van der Waals surface area contributed by atoms with E-state index in [0.717, 1.165) is 17.1 Å². The summed E-state index contributed by atoms with van der Waals surface area (Å²) in [5.74, 6) is 0.790. The van der Waals surface area contributed by atoms with Crippen molar-refractivity contribution in [3.05, 3.63) is 30.2 Å². The van der Waals surface area contributed by atoms with Gasteiger partial charge in [-0.15, -0.1) is 10.2 Å². The highest BCUT2D eigenvalue weighted by Gasteiger charge is 2.10. The number of nitrogens with zero attached hydrogens (tertiary/aromatic N) is 4. The molecule has 5 heteroatoms. The summed E-state index contributed by atoms with van der Waals surface area (Å²) in [7, 11) is 0. The minimum absolute atomic E-state index is 0.320. The van der Waals surface area contributed by atoms with Crippen molar-refractivity contribution in [2.75, 3.05) is 0 Å². The molecule has 0 bridgehead atoms. The highest BCUT2D eigenvalue weighted by molar-refractivity contribution is 5.49. The lowest BCUT2D eigenvalue weighted by Gasteiger charge is -2.09. The highest BCUT2D eigenvalue weighted by Crippen LogP contribution is 2.17. The maximum atomic E-state index is 5.52. The number of rotatable bonds is 3. The van der Waals surface area contributed by atoms with Crippen LogP contribution >= 0.6 is 0 Å². The van der Waals surface area contributed by atoms with Crippen molar-refractivity contribution >= 4 is 0 Å². The molecule has 0 aliphatic carbocycles. The Labute approximate surface area is 94.3 Å². The van der Waals surface area contributed by atoms with E-state index in [1.165, 1.54) is 0 Å². The summed E-state index contributed by atoms with van der Waals surface area (Å²) in [5, 5.41) is 7.99. The van der Waals surface area contributed by atoms with Crippen LogP contribution in [0, 0.1) is 0 Å². The fourth-order valence-electron chi connectivity index (χ4n) is 1.48. The molecular formula is C11H15N5. The zero-order valence-electron chi connectivity index (χ0n) is 9.46. The van der Waals surface area contributed by atoms with Gasteiger partial charge in [0.1, 0.15) is 12.0 Å². The quantitative estimate of drug-likeness (QED) is 0.843. The van der Waals surface area contributed by atoms with Gasteiger partial charge in [0.25, 0.3) is 0 Å². The van der Waals surface area contributed by atoms with E-state index in [0.29, 0.717) is 12.6 Å². The minimum atomic E-state index is 0.320. The first-order valence-corrected chi connectivity index (χ1v) is 5.27. The lowest BCUT2D eigenvalue weighted by atomic mass is 10.2. The molecule has 16 heavy (non-hydrogen) atoms. The second-order valence-corrected chi connectivity index (χ2v) is 3.91. The molecule has 0 aliphatic heterocycles. The van der Waals surface area contributed by atoms with Gasteiger partial charge in [-0.2, -0.15) is 0 Å². The van der Waals surface area contributed by atoms with E-state index in [2.05, 4.69) is 29.0 Å². The summed E-state index contributed by atoms with van der Waals surface area (Å²) in [5.41, 5.74) is 7.36. The summed E-state index contributed by atoms with van der Waals surface area (Å²) >= 11 is 0. The normalized spacial score (nSPS) is 11.0. The Bertz CT molecular complexity index is 457. The van der Waals surface area contributed by atoms with Crippen LogP contribution in [0.15, 0.2) is 24.7 Å². The Balaban J connectivity index is 2.38. The van der Waals surface area contributed by atoms with E-state index >= 15 is 0 Å². The number of pyridine rings is 1. The van der Waals surface area contributed by atoms with Crippen molar-refractivity contribution < 1.29 is 0 Å². The first-order valence-electron chi connectivity index (χ1n) is 5.27. The summed E-state index contributed by atoms with van der Waals surface area (Å²) in [6.07, 6.45) is 3.49. The van der Waals surface area contributed by atoms with Crippen LogP contribution in [-0.4, -0.2) is 19.7 Å². The third-order valence-electron chi connectivity index (χ3n) is 2.42. The Morgan fingerprint density at radius 3 is 2.75 bits per heavy atom. The molecule has 2 rings (SSSR count). The number of nitrogens with two attached hydrogens (primary N) is 1. The number of hydrogen-bond acceptors (Lipinski definition) is 4. The molecule has 2 aromatic heterocycles. The zero-order chi connectivity index (χ0) is 11.5. The van der Waals surface area contributed by atoms with Crippen LogP contribution in [-0.2, 0) is 6.54 Å². The monoisotopic (exact) mass is 217 g/mol. The molecule has 0 fully saturated rings. The van der Waals surface area contributed by atoms with E-state index in [-0.39, 0.29) is 0 Å². The van der Waals surface area contributed by atoms with Crippen molar-refractivity contribution in [3.63, 3.8) is 0 Å². The molecule has 2 N–H and O–H groups in total. The second-order valence-electron chi connectivity index (χ2n) is 3.91. The van der Waals surface area contributed by atoms with Crippen molar-refractivity contribution in [1.82, 2.24) is 19.7 Å². The molecule has 0 aromatic carbocycles. The molecule has 2 aromatic rings. The predicted octanol–water partition coefficient (Wildman–Crippen LogP) is 1.38. The lowest BCUT2D eigenvalue weighted by Crippen LogP contribution is -2.03. The molecule has 0 aliphatic rings. The molecule has 5 nitrogen and oxygen atoms in total. The summed E-state index contributed by atoms with van der Waals surface area (Å²) in [4.78, 5) is 4.33. The van der Waals surface area contributed by atoms with Crippen LogP contribution in [0.1, 0.15) is 25.5 Å². The van der Waals surface area contributed by atoms with E-state index < -0.39 is 0 Å². The van der Waals surface area contributed by atoms with Crippen molar-refractivity contribution in [3.8, 4) is 11.5 Å². The average molecular weight is 217 g/mol. The summed E-state index contributed by atoms with van der Waals surface area (Å²) in [6.45, 7) is 4.67. The fourth-order valence-corrected chi connectivity index (χ4v) is 1.48. The molecule has 0 saturated heterocycles. The molecule has 0 atom stereocenters. The molecule has 0 saturated carbocycles. The van der Waals surface area contributed by atoms with Crippen LogP contribution in [0.2, 0.25) is 0 Å². The van der Waals surface area contributed by atoms with Gasteiger partial charge in [0.15, 0.2) is 5.82 Å². The maximum Gasteiger partial charge on any atom is 0.182 e. The van der Waals surface area contributed by atoms with Gasteiger partial charge in [0.05, 0.1) is 0 Å². The Hall–Kier alpha value is -1.75. The van der Waals surface area contributed by atoms with Crippen LogP contribution in [0.5, 0.6) is 0 Å². The third-order valence-corrected chi connectivity index (χ3v) is 2.42. The Morgan fingerprint density at radius 2 is 2.19 bits per heavy atom. The maximum absolute atomic E-state index is 5.52. The average Bonchev–Trinajstić information content (AvgIpc) is 2.78. The largest absolute Gasteiger partial charge is 0.326 e. The molecule has 0 amide bonds. The Kier molecular flexibility index (Phi) is 2.96. The van der Waals surface area contributed by atoms with Crippen molar-refractivity contribution in [2.45, 2.75) is 26.4 Å². The SMILES string of the molecule is CC(C)n1cnnc1-c1ccc(CN)cn1. The zero-order valence-corrected chi connectivity index (χ0v) is 9.46. The van der Waals surface area contributed by atoms with Crippen LogP contribution in [0.4, 0.5) is 0 Å². The van der Waals surface area contributed by atoms with E-state index in [1.54, 1.807) is 12.5 Å². The van der Waals surface area contributed by atoms with Crippen LogP contribution in [0.25, 0.3) is 11.5 Å². The van der Waals surface area contributed by atoms with Gasteiger partial charge >= 0.3 is 0 Å². The molecule has 2 heterocycles. The number of aromatic nitrogens is 4. The molecule has 84 valence electrons.